The van der Waals surface area contributed by atoms with Crippen LogP contribution in [0.3, 0.4) is 0 Å². The van der Waals surface area contributed by atoms with Crippen molar-refractivity contribution in [1.29, 1.82) is 10.5 Å². The van der Waals surface area contributed by atoms with Gasteiger partial charge in [0.2, 0.25) is 0 Å². The van der Waals surface area contributed by atoms with E-state index >= 15 is 0 Å². The van der Waals surface area contributed by atoms with E-state index in [1.54, 1.807) is 0 Å². The van der Waals surface area contributed by atoms with Gasteiger partial charge in [-0.3, -0.25) is 0 Å². The van der Waals surface area contributed by atoms with Gasteiger partial charge in [0.05, 0.1) is 42.8 Å². The Morgan fingerprint density at radius 1 is 1.00 bits per heavy atom. The van der Waals surface area contributed by atoms with Crippen LogP contribution >= 0.6 is 0 Å². The number of hydrogen-bond acceptors (Lipinski definition) is 5. The standard InChI is InChI=1S/C20H27BN2O3/c1-6-7-12-24-18-15(8-10-22)13-17(14-16(18)9-11-23)21-25-19(2,3)20(4,5)26-21/h13-14H,6-9,12H2,1-5H3. The highest BCUT2D eigenvalue weighted by Crippen LogP contribution is 2.37. The van der Waals surface area contributed by atoms with Gasteiger partial charge in [0.1, 0.15) is 5.75 Å². The fourth-order valence-electron chi connectivity index (χ4n) is 2.83. The van der Waals surface area contributed by atoms with Gasteiger partial charge in [0.25, 0.3) is 0 Å². The Morgan fingerprint density at radius 2 is 1.50 bits per heavy atom. The third-order valence-electron chi connectivity index (χ3n) is 5.07. The molecule has 1 saturated heterocycles. The third kappa shape index (κ3) is 4.20. The molecule has 2 rings (SSSR count). The van der Waals surface area contributed by atoms with Gasteiger partial charge in [-0.25, -0.2) is 0 Å². The summed E-state index contributed by atoms with van der Waals surface area (Å²) in [5.74, 6) is 0.654. The minimum Gasteiger partial charge on any atom is -0.493 e. The summed E-state index contributed by atoms with van der Waals surface area (Å²) in [6.07, 6.45) is 2.38. The lowest BCUT2D eigenvalue weighted by Gasteiger charge is -2.32. The quantitative estimate of drug-likeness (QED) is 0.555. The van der Waals surface area contributed by atoms with Crippen LogP contribution in [0.5, 0.6) is 5.75 Å². The molecule has 26 heavy (non-hydrogen) atoms. The first-order valence-corrected chi connectivity index (χ1v) is 9.13. The van der Waals surface area contributed by atoms with E-state index in [2.05, 4.69) is 19.1 Å². The predicted octanol–water partition coefficient (Wildman–Crippen LogP) is 3.30. The highest BCUT2D eigenvalue weighted by Gasteiger charge is 2.51. The van der Waals surface area contributed by atoms with Crippen LogP contribution in [0.4, 0.5) is 0 Å². The third-order valence-corrected chi connectivity index (χ3v) is 5.07. The van der Waals surface area contributed by atoms with Crippen LogP contribution in [0, 0.1) is 22.7 Å². The van der Waals surface area contributed by atoms with E-state index in [0.717, 1.165) is 29.4 Å². The van der Waals surface area contributed by atoms with E-state index in [1.165, 1.54) is 0 Å². The van der Waals surface area contributed by atoms with Gasteiger partial charge < -0.3 is 14.0 Å². The molecule has 138 valence electrons. The van der Waals surface area contributed by atoms with Gasteiger partial charge in [0.15, 0.2) is 0 Å². The lowest BCUT2D eigenvalue weighted by Crippen LogP contribution is -2.41. The molecule has 1 aromatic carbocycles. The minimum atomic E-state index is -0.528. The zero-order valence-electron chi connectivity index (χ0n) is 16.4. The summed E-state index contributed by atoms with van der Waals surface area (Å²) < 4.78 is 18.2. The highest BCUT2D eigenvalue weighted by molar-refractivity contribution is 6.62. The number of nitrogens with zero attached hydrogens (tertiary/aromatic N) is 2. The zero-order valence-corrected chi connectivity index (χ0v) is 16.4. The molecule has 0 bridgehead atoms. The fraction of sp³-hybridized carbons (Fsp3) is 0.600. The van der Waals surface area contributed by atoms with E-state index in [0.29, 0.717) is 12.4 Å². The van der Waals surface area contributed by atoms with Gasteiger partial charge >= 0.3 is 7.12 Å². The van der Waals surface area contributed by atoms with Crippen molar-refractivity contribution in [1.82, 2.24) is 0 Å². The number of ether oxygens (including phenoxy) is 1. The average Bonchev–Trinajstić information content (AvgIpc) is 2.78. The molecule has 0 atom stereocenters. The van der Waals surface area contributed by atoms with Gasteiger partial charge in [0, 0.05) is 11.1 Å². The SMILES string of the molecule is CCCCOc1c(CC#N)cc(B2OC(C)(C)C(C)(C)O2)cc1CC#N. The van der Waals surface area contributed by atoms with E-state index in [9.17, 15) is 10.5 Å². The first-order chi connectivity index (χ1) is 12.3. The molecule has 0 radical (unpaired) electrons. The van der Waals surface area contributed by atoms with Crippen molar-refractivity contribution in [2.45, 2.75) is 71.5 Å². The molecule has 0 spiro atoms. The van der Waals surface area contributed by atoms with Crippen molar-refractivity contribution in [3.05, 3.63) is 23.3 Å². The monoisotopic (exact) mass is 354 g/mol. The molecule has 0 unspecified atom stereocenters. The Labute approximate surface area is 157 Å². The first-order valence-electron chi connectivity index (χ1n) is 9.13. The van der Waals surface area contributed by atoms with Crippen LogP contribution < -0.4 is 10.2 Å². The number of hydrogen-bond donors (Lipinski definition) is 0. The van der Waals surface area contributed by atoms with Gasteiger partial charge in [-0.15, -0.1) is 0 Å². The molecule has 1 aliphatic heterocycles. The van der Waals surface area contributed by atoms with E-state index in [-0.39, 0.29) is 12.8 Å². The molecule has 0 N–H and O–H groups in total. The molecule has 0 aromatic heterocycles. The lowest BCUT2D eigenvalue weighted by atomic mass is 9.76. The second-order valence-corrected chi connectivity index (χ2v) is 7.63. The molecule has 0 amide bonds. The average molecular weight is 354 g/mol. The summed E-state index contributed by atoms with van der Waals surface area (Å²) in [5, 5.41) is 18.5. The fourth-order valence-corrected chi connectivity index (χ4v) is 2.83. The normalized spacial score (nSPS) is 17.6. The second-order valence-electron chi connectivity index (χ2n) is 7.63. The summed E-state index contributed by atoms with van der Waals surface area (Å²) in [7, 11) is -0.528. The molecule has 6 heteroatoms. The molecule has 1 aromatic rings. The van der Waals surface area contributed by atoms with Gasteiger partial charge in [-0.1, -0.05) is 25.5 Å². The zero-order chi connectivity index (χ0) is 19.4. The van der Waals surface area contributed by atoms with Crippen molar-refractivity contribution < 1.29 is 14.0 Å². The topological polar surface area (TPSA) is 75.3 Å². The maximum absolute atomic E-state index is 9.23. The second kappa shape index (κ2) is 8.12. The summed E-state index contributed by atoms with van der Waals surface area (Å²) in [6, 6.07) is 8.20. The number of unbranched alkanes of at least 4 members (excludes halogenated alkanes) is 1. The van der Waals surface area contributed by atoms with Crippen LogP contribution in [0.15, 0.2) is 12.1 Å². The molecule has 0 aliphatic carbocycles. The number of benzene rings is 1. The molecule has 1 fully saturated rings. The summed E-state index contributed by atoms with van der Waals surface area (Å²) in [4.78, 5) is 0. The van der Waals surface area contributed by atoms with Crippen molar-refractivity contribution in [2.24, 2.45) is 0 Å². The van der Waals surface area contributed by atoms with Gasteiger partial charge in [-0.2, -0.15) is 10.5 Å². The van der Waals surface area contributed by atoms with Crippen molar-refractivity contribution in [3.63, 3.8) is 0 Å². The van der Waals surface area contributed by atoms with Crippen molar-refractivity contribution in [2.75, 3.05) is 6.61 Å². The predicted molar refractivity (Wildman–Crippen MR) is 101 cm³/mol. The smallest absolute Gasteiger partial charge is 0.493 e. The van der Waals surface area contributed by atoms with Crippen LogP contribution in [-0.4, -0.2) is 24.9 Å². The van der Waals surface area contributed by atoms with E-state index < -0.39 is 18.3 Å². The first kappa shape index (κ1) is 20.3. The Morgan fingerprint density at radius 3 is 1.92 bits per heavy atom. The van der Waals surface area contributed by atoms with Crippen molar-refractivity contribution in [3.8, 4) is 17.9 Å². The molecular formula is C20H27BN2O3. The maximum Gasteiger partial charge on any atom is 0.494 e. The molecule has 1 aliphatic rings. The van der Waals surface area contributed by atoms with Crippen LogP contribution in [0.2, 0.25) is 0 Å². The lowest BCUT2D eigenvalue weighted by molar-refractivity contribution is 0.00578. The number of nitriles is 2. The Bertz CT molecular complexity index is 679. The minimum absolute atomic E-state index is 0.216. The van der Waals surface area contributed by atoms with Crippen LogP contribution in [-0.2, 0) is 22.2 Å². The molecular weight excluding hydrogens is 327 g/mol. The number of rotatable bonds is 7. The molecule has 1 heterocycles. The van der Waals surface area contributed by atoms with Crippen LogP contribution in [0.1, 0.15) is 58.6 Å². The molecule has 0 saturated carbocycles. The maximum atomic E-state index is 9.23. The summed E-state index contributed by atoms with van der Waals surface area (Å²) in [5.41, 5.74) is 1.49. The van der Waals surface area contributed by atoms with E-state index in [4.69, 9.17) is 14.0 Å². The van der Waals surface area contributed by atoms with Gasteiger partial charge in [-0.05, 0) is 39.6 Å². The highest BCUT2D eigenvalue weighted by atomic mass is 16.7. The van der Waals surface area contributed by atoms with Crippen LogP contribution in [0.25, 0.3) is 0 Å². The van der Waals surface area contributed by atoms with Crippen molar-refractivity contribution >= 4 is 12.6 Å². The Hall–Kier alpha value is -2.02. The summed E-state index contributed by atoms with van der Waals surface area (Å²) in [6.45, 7) is 10.7. The summed E-state index contributed by atoms with van der Waals surface area (Å²) >= 11 is 0. The Kier molecular flexibility index (Phi) is 6.34. The largest absolute Gasteiger partial charge is 0.494 e. The molecule has 5 nitrogen and oxygen atoms in total. The Balaban J connectivity index is 2.43. The van der Waals surface area contributed by atoms with E-state index in [1.807, 2.05) is 39.8 Å².